The highest BCUT2D eigenvalue weighted by atomic mass is 32.2. The van der Waals surface area contributed by atoms with Gasteiger partial charge in [0.05, 0.1) is 4.90 Å². The third-order valence-corrected chi connectivity index (χ3v) is 7.22. The Bertz CT molecular complexity index is 1230. The van der Waals surface area contributed by atoms with Crippen molar-refractivity contribution in [2.45, 2.75) is 11.8 Å². The molecule has 3 aromatic rings. The van der Waals surface area contributed by atoms with Crippen molar-refractivity contribution in [2.75, 3.05) is 32.8 Å². The van der Waals surface area contributed by atoms with Crippen LogP contribution in [0.25, 0.3) is 11.5 Å². The molecule has 0 bridgehead atoms. The van der Waals surface area contributed by atoms with Gasteiger partial charge in [-0.05, 0) is 31.2 Å². The van der Waals surface area contributed by atoms with Crippen LogP contribution in [0.1, 0.15) is 16.2 Å². The summed E-state index contributed by atoms with van der Waals surface area (Å²) in [6.45, 7) is 1.90. The second-order valence-corrected chi connectivity index (χ2v) is 9.40. The molecule has 0 aliphatic carbocycles. The summed E-state index contributed by atoms with van der Waals surface area (Å²) in [7, 11) is -3.61. The topological polar surface area (TPSA) is 110 Å². The molecule has 1 aromatic heterocycles. The van der Waals surface area contributed by atoms with E-state index in [1.54, 1.807) is 37.3 Å². The molecule has 1 saturated heterocycles. The highest BCUT2D eigenvalue weighted by Crippen LogP contribution is 2.22. The Hall–Kier alpha value is -3.50. The van der Waals surface area contributed by atoms with Crippen molar-refractivity contribution in [1.29, 1.82) is 0 Å². The van der Waals surface area contributed by atoms with Gasteiger partial charge in [0, 0.05) is 31.7 Å². The zero-order valence-electron chi connectivity index (χ0n) is 18.0. The maximum absolute atomic E-state index is 12.7. The monoisotopic (exact) mass is 469 g/mol. The van der Waals surface area contributed by atoms with Gasteiger partial charge in [-0.1, -0.05) is 36.4 Å². The Labute approximate surface area is 191 Å². The van der Waals surface area contributed by atoms with Crippen LogP contribution in [0, 0.1) is 6.92 Å². The van der Waals surface area contributed by atoms with E-state index in [-0.39, 0.29) is 36.8 Å². The van der Waals surface area contributed by atoms with E-state index in [4.69, 9.17) is 9.15 Å². The number of hydrogen-bond acceptors (Lipinski definition) is 7. The minimum Gasteiger partial charge on any atom is -0.451 e. The van der Waals surface area contributed by atoms with Gasteiger partial charge in [-0.15, -0.1) is 0 Å². The Balaban J connectivity index is 1.31. The highest BCUT2D eigenvalue weighted by molar-refractivity contribution is 7.89. The van der Waals surface area contributed by atoms with Gasteiger partial charge in [0.25, 0.3) is 5.91 Å². The summed E-state index contributed by atoms with van der Waals surface area (Å²) in [6.07, 6.45) is 0. The Kier molecular flexibility index (Phi) is 6.57. The molecule has 1 aliphatic rings. The van der Waals surface area contributed by atoms with Crippen molar-refractivity contribution >= 4 is 21.9 Å². The van der Waals surface area contributed by atoms with Gasteiger partial charge >= 0.3 is 5.97 Å². The first-order chi connectivity index (χ1) is 15.9. The normalized spacial score (nSPS) is 14.8. The summed E-state index contributed by atoms with van der Waals surface area (Å²) < 4.78 is 37.5. The van der Waals surface area contributed by atoms with E-state index in [9.17, 15) is 18.0 Å². The summed E-state index contributed by atoms with van der Waals surface area (Å²) in [4.78, 5) is 30.8. The maximum Gasteiger partial charge on any atom is 0.361 e. The highest BCUT2D eigenvalue weighted by Gasteiger charge is 2.30. The fourth-order valence-corrected chi connectivity index (χ4v) is 4.94. The summed E-state index contributed by atoms with van der Waals surface area (Å²) in [5.74, 6) is -0.560. The van der Waals surface area contributed by atoms with E-state index in [0.29, 0.717) is 11.7 Å². The van der Waals surface area contributed by atoms with E-state index < -0.39 is 28.5 Å². The van der Waals surface area contributed by atoms with Gasteiger partial charge in [-0.25, -0.2) is 18.2 Å². The number of aryl methyl sites for hydroxylation is 1. The average molecular weight is 470 g/mol. The number of esters is 1. The lowest BCUT2D eigenvalue weighted by Gasteiger charge is -2.33. The number of piperazine rings is 1. The number of amides is 1. The molecule has 2 heterocycles. The summed E-state index contributed by atoms with van der Waals surface area (Å²) >= 11 is 0. The minimum atomic E-state index is -3.61. The molecule has 0 unspecified atom stereocenters. The molecule has 33 heavy (non-hydrogen) atoms. The molecule has 0 N–H and O–H groups in total. The van der Waals surface area contributed by atoms with Crippen LogP contribution in [-0.4, -0.2) is 67.3 Å². The Morgan fingerprint density at radius 2 is 1.58 bits per heavy atom. The van der Waals surface area contributed by atoms with Gasteiger partial charge in [-0.3, -0.25) is 4.79 Å². The first-order valence-electron chi connectivity index (χ1n) is 10.4. The molecule has 0 spiro atoms. The largest absolute Gasteiger partial charge is 0.451 e. The van der Waals surface area contributed by atoms with Crippen molar-refractivity contribution < 1.29 is 27.2 Å². The van der Waals surface area contributed by atoms with Crippen molar-refractivity contribution in [1.82, 2.24) is 14.2 Å². The van der Waals surface area contributed by atoms with Crippen LogP contribution in [0.3, 0.4) is 0 Å². The number of aromatic nitrogens is 1. The molecule has 0 radical (unpaired) electrons. The fourth-order valence-electron chi connectivity index (χ4n) is 3.50. The van der Waals surface area contributed by atoms with Crippen molar-refractivity contribution in [3.05, 3.63) is 72.1 Å². The second kappa shape index (κ2) is 9.55. The second-order valence-electron chi connectivity index (χ2n) is 7.46. The number of rotatable bonds is 6. The van der Waals surface area contributed by atoms with Gasteiger partial charge in [0.2, 0.25) is 15.9 Å². The van der Waals surface area contributed by atoms with Crippen molar-refractivity contribution in [2.24, 2.45) is 0 Å². The molecule has 10 heteroatoms. The van der Waals surface area contributed by atoms with Gasteiger partial charge in [-0.2, -0.15) is 4.31 Å². The lowest BCUT2D eigenvalue weighted by molar-refractivity contribution is -0.135. The smallest absolute Gasteiger partial charge is 0.361 e. The fraction of sp³-hybridized carbons (Fsp3) is 0.261. The first kappa shape index (κ1) is 22.7. The molecule has 1 fully saturated rings. The molecular weight excluding hydrogens is 446 g/mol. The lowest BCUT2D eigenvalue weighted by atomic mass is 10.2. The molecule has 172 valence electrons. The maximum atomic E-state index is 12.7. The number of sulfonamides is 1. The van der Waals surface area contributed by atoms with E-state index in [1.807, 2.05) is 30.3 Å². The van der Waals surface area contributed by atoms with Gasteiger partial charge in [0.1, 0.15) is 5.76 Å². The van der Waals surface area contributed by atoms with Gasteiger partial charge < -0.3 is 14.1 Å². The quantitative estimate of drug-likeness (QED) is 0.510. The van der Waals surface area contributed by atoms with Crippen LogP contribution >= 0.6 is 0 Å². The van der Waals surface area contributed by atoms with Crippen LogP contribution < -0.4 is 0 Å². The van der Waals surface area contributed by atoms with Crippen molar-refractivity contribution in [3.63, 3.8) is 0 Å². The number of ether oxygens (including phenoxy) is 1. The minimum absolute atomic E-state index is 0.0143. The van der Waals surface area contributed by atoms with Crippen LogP contribution in [0.15, 0.2) is 70.0 Å². The summed E-state index contributed by atoms with van der Waals surface area (Å²) in [5.41, 5.74) is 0.736. The van der Waals surface area contributed by atoms with Crippen LogP contribution in [0.4, 0.5) is 0 Å². The predicted molar refractivity (Wildman–Crippen MR) is 119 cm³/mol. The van der Waals surface area contributed by atoms with E-state index in [2.05, 4.69) is 4.98 Å². The number of hydrogen-bond donors (Lipinski definition) is 0. The molecule has 9 nitrogen and oxygen atoms in total. The predicted octanol–water partition coefficient (Wildman–Crippen LogP) is 2.34. The number of nitrogens with zero attached hydrogens (tertiary/aromatic N) is 3. The van der Waals surface area contributed by atoms with E-state index in [0.717, 1.165) is 5.56 Å². The number of carbonyl (C=O) groups is 2. The average Bonchev–Trinajstić information content (AvgIpc) is 3.25. The molecule has 4 rings (SSSR count). The molecule has 1 amide bonds. The van der Waals surface area contributed by atoms with Crippen molar-refractivity contribution in [3.8, 4) is 11.5 Å². The molecule has 0 saturated carbocycles. The number of carbonyl (C=O) groups excluding carboxylic acids is 2. The zero-order chi connectivity index (χ0) is 23.4. The third kappa shape index (κ3) is 4.96. The molecular formula is C23H23N3O6S. The molecule has 1 aliphatic heterocycles. The van der Waals surface area contributed by atoms with Crippen LogP contribution in [-0.2, 0) is 19.6 Å². The van der Waals surface area contributed by atoms with E-state index >= 15 is 0 Å². The Morgan fingerprint density at radius 3 is 2.21 bits per heavy atom. The SMILES string of the molecule is Cc1oc(-c2ccccc2)nc1C(=O)OCC(=O)N1CCN(S(=O)(=O)c2ccccc2)CC1. The molecule has 0 atom stereocenters. The van der Waals surface area contributed by atoms with E-state index in [1.165, 1.54) is 9.21 Å². The zero-order valence-corrected chi connectivity index (χ0v) is 18.8. The van der Waals surface area contributed by atoms with Gasteiger partial charge in [0.15, 0.2) is 12.3 Å². The van der Waals surface area contributed by atoms with Crippen LogP contribution in [0.5, 0.6) is 0 Å². The van der Waals surface area contributed by atoms with Crippen LogP contribution in [0.2, 0.25) is 0 Å². The Morgan fingerprint density at radius 1 is 0.970 bits per heavy atom. The summed E-state index contributed by atoms with van der Waals surface area (Å²) in [5, 5.41) is 0. The molecule has 2 aromatic carbocycles. The summed E-state index contributed by atoms with van der Waals surface area (Å²) in [6, 6.07) is 17.3. The lowest BCUT2D eigenvalue weighted by Crippen LogP contribution is -2.51. The standard InChI is InChI=1S/C23H23N3O6S/c1-17-21(24-22(32-17)18-8-4-2-5-9-18)23(28)31-16-20(27)25-12-14-26(15-13-25)33(29,30)19-10-6-3-7-11-19/h2-11H,12-16H2,1H3. The first-order valence-corrected chi connectivity index (χ1v) is 11.8. The third-order valence-electron chi connectivity index (χ3n) is 5.31. The number of benzene rings is 2. The number of oxazole rings is 1.